The van der Waals surface area contributed by atoms with Gasteiger partial charge in [0.1, 0.15) is 0 Å². The van der Waals surface area contributed by atoms with Crippen molar-refractivity contribution in [3.05, 3.63) is 28.2 Å². The molecule has 1 aliphatic heterocycles. The standard InChI is InChI=1S/C13H16Cl2N2O2/c1-2-5-13(19)7-17(8-13)12(18)16-9-3-4-10(14)11(15)6-9/h3-4,6,19H,2,5,7-8H2,1H3,(H,16,18). The molecule has 0 atom stereocenters. The zero-order valence-corrected chi connectivity index (χ0v) is 12.1. The van der Waals surface area contributed by atoms with Gasteiger partial charge in [-0.1, -0.05) is 36.5 Å². The number of benzene rings is 1. The number of hydrogen-bond acceptors (Lipinski definition) is 2. The molecule has 1 aromatic rings. The number of carbonyl (C=O) groups excluding carboxylic acids is 1. The van der Waals surface area contributed by atoms with E-state index in [-0.39, 0.29) is 6.03 Å². The molecule has 0 saturated carbocycles. The van der Waals surface area contributed by atoms with Gasteiger partial charge < -0.3 is 15.3 Å². The van der Waals surface area contributed by atoms with E-state index in [9.17, 15) is 9.90 Å². The average molecular weight is 303 g/mol. The monoisotopic (exact) mass is 302 g/mol. The maximum atomic E-state index is 11.9. The molecule has 1 aliphatic rings. The molecule has 2 rings (SSSR count). The first-order valence-electron chi connectivity index (χ1n) is 6.17. The highest BCUT2D eigenvalue weighted by Crippen LogP contribution is 2.28. The van der Waals surface area contributed by atoms with E-state index >= 15 is 0 Å². The van der Waals surface area contributed by atoms with E-state index in [1.54, 1.807) is 23.1 Å². The fraction of sp³-hybridized carbons (Fsp3) is 0.462. The van der Waals surface area contributed by atoms with Crippen LogP contribution in [0.1, 0.15) is 19.8 Å². The Morgan fingerprint density at radius 3 is 2.68 bits per heavy atom. The number of amides is 2. The van der Waals surface area contributed by atoms with Gasteiger partial charge in [0.25, 0.3) is 0 Å². The average Bonchev–Trinajstić information content (AvgIpc) is 2.31. The molecule has 1 saturated heterocycles. The number of β-amino-alcohol motifs (C(OH)–C–C–N with tert-alkyl or cyclic N) is 1. The van der Waals surface area contributed by atoms with E-state index in [4.69, 9.17) is 23.2 Å². The predicted molar refractivity (Wildman–Crippen MR) is 76.9 cm³/mol. The number of halogens is 2. The minimum Gasteiger partial charge on any atom is -0.386 e. The van der Waals surface area contributed by atoms with E-state index in [1.165, 1.54) is 0 Å². The highest BCUT2D eigenvalue weighted by Gasteiger charge is 2.42. The lowest BCUT2D eigenvalue weighted by Gasteiger charge is -2.46. The molecule has 2 amide bonds. The lowest BCUT2D eigenvalue weighted by atomic mass is 9.90. The molecule has 19 heavy (non-hydrogen) atoms. The fourth-order valence-electron chi connectivity index (χ4n) is 2.21. The predicted octanol–water partition coefficient (Wildman–Crippen LogP) is 3.37. The van der Waals surface area contributed by atoms with Crippen molar-refractivity contribution >= 4 is 34.9 Å². The summed E-state index contributed by atoms with van der Waals surface area (Å²) in [6.07, 6.45) is 1.61. The van der Waals surface area contributed by atoms with Crippen LogP contribution in [0.15, 0.2) is 18.2 Å². The molecular weight excluding hydrogens is 287 g/mol. The molecule has 0 radical (unpaired) electrons. The molecule has 1 aromatic carbocycles. The van der Waals surface area contributed by atoms with Crippen molar-refractivity contribution in [3.8, 4) is 0 Å². The Bertz CT molecular complexity index is 488. The molecule has 0 spiro atoms. The van der Waals surface area contributed by atoms with E-state index in [0.29, 0.717) is 35.2 Å². The Morgan fingerprint density at radius 2 is 2.11 bits per heavy atom. The quantitative estimate of drug-likeness (QED) is 0.899. The van der Waals surface area contributed by atoms with Gasteiger partial charge in [-0.3, -0.25) is 0 Å². The zero-order chi connectivity index (χ0) is 14.0. The smallest absolute Gasteiger partial charge is 0.322 e. The second-order valence-electron chi connectivity index (χ2n) is 4.89. The van der Waals surface area contributed by atoms with E-state index in [2.05, 4.69) is 5.32 Å². The van der Waals surface area contributed by atoms with Gasteiger partial charge in [-0.25, -0.2) is 4.79 Å². The van der Waals surface area contributed by atoms with Crippen LogP contribution in [0, 0.1) is 0 Å². The van der Waals surface area contributed by atoms with Crippen LogP contribution in [-0.2, 0) is 0 Å². The number of anilines is 1. The van der Waals surface area contributed by atoms with E-state index < -0.39 is 5.60 Å². The first-order valence-corrected chi connectivity index (χ1v) is 6.92. The Labute approximate surface area is 122 Å². The van der Waals surface area contributed by atoms with Crippen molar-refractivity contribution < 1.29 is 9.90 Å². The van der Waals surface area contributed by atoms with E-state index in [1.807, 2.05) is 6.92 Å². The molecule has 104 valence electrons. The van der Waals surface area contributed by atoms with E-state index in [0.717, 1.165) is 6.42 Å². The first-order chi connectivity index (χ1) is 8.93. The summed E-state index contributed by atoms with van der Waals surface area (Å²) in [5, 5.41) is 13.6. The summed E-state index contributed by atoms with van der Waals surface area (Å²) < 4.78 is 0. The number of likely N-dealkylation sites (tertiary alicyclic amines) is 1. The molecule has 4 nitrogen and oxygen atoms in total. The molecule has 0 aromatic heterocycles. The number of nitrogens with one attached hydrogen (secondary N) is 1. The molecule has 0 unspecified atom stereocenters. The number of urea groups is 1. The molecule has 1 fully saturated rings. The van der Waals surface area contributed by atoms with Crippen LogP contribution in [0.25, 0.3) is 0 Å². The largest absolute Gasteiger partial charge is 0.386 e. The summed E-state index contributed by atoms with van der Waals surface area (Å²) >= 11 is 11.7. The minimum atomic E-state index is -0.719. The van der Waals surface area contributed by atoms with Gasteiger partial charge in [0, 0.05) is 5.69 Å². The van der Waals surface area contributed by atoms with Crippen molar-refractivity contribution in [2.75, 3.05) is 18.4 Å². The van der Waals surface area contributed by atoms with Crippen molar-refractivity contribution in [1.29, 1.82) is 0 Å². The van der Waals surface area contributed by atoms with Crippen LogP contribution in [0.3, 0.4) is 0 Å². The number of carbonyl (C=O) groups is 1. The van der Waals surface area contributed by atoms with Gasteiger partial charge >= 0.3 is 6.03 Å². The molecule has 1 heterocycles. The highest BCUT2D eigenvalue weighted by molar-refractivity contribution is 6.42. The fourth-order valence-corrected chi connectivity index (χ4v) is 2.51. The summed E-state index contributed by atoms with van der Waals surface area (Å²) in [6, 6.07) is 4.67. The number of nitrogens with zero attached hydrogens (tertiary/aromatic N) is 1. The Morgan fingerprint density at radius 1 is 1.42 bits per heavy atom. The van der Waals surface area contributed by atoms with Crippen LogP contribution in [-0.4, -0.2) is 34.7 Å². The summed E-state index contributed by atoms with van der Waals surface area (Å²) in [7, 11) is 0. The summed E-state index contributed by atoms with van der Waals surface area (Å²) in [6.45, 7) is 2.75. The van der Waals surface area contributed by atoms with Gasteiger partial charge in [-0.05, 0) is 24.6 Å². The van der Waals surface area contributed by atoms with Gasteiger partial charge in [-0.15, -0.1) is 0 Å². The van der Waals surface area contributed by atoms with Crippen LogP contribution in [0.4, 0.5) is 10.5 Å². The van der Waals surface area contributed by atoms with Crippen LogP contribution >= 0.6 is 23.2 Å². The van der Waals surface area contributed by atoms with Gasteiger partial charge in [-0.2, -0.15) is 0 Å². The highest BCUT2D eigenvalue weighted by atomic mass is 35.5. The van der Waals surface area contributed by atoms with Crippen LogP contribution < -0.4 is 5.32 Å². The van der Waals surface area contributed by atoms with Crippen molar-refractivity contribution in [2.24, 2.45) is 0 Å². The number of hydrogen-bond donors (Lipinski definition) is 2. The van der Waals surface area contributed by atoms with Gasteiger partial charge in [0.15, 0.2) is 0 Å². The summed E-state index contributed by atoms with van der Waals surface area (Å²) in [5.41, 5.74) is -0.130. The Kier molecular flexibility index (Phi) is 4.23. The SMILES string of the molecule is CCCC1(O)CN(C(=O)Nc2ccc(Cl)c(Cl)c2)C1. The number of aliphatic hydroxyl groups is 1. The Balaban J connectivity index is 1.91. The third kappa shape index (κ3) is 3.32. The van der Waals surface area contributed by atoms with Gasteiger partial charge in [0.2, 0.25) is 0 Å². The summed E-state index contributed by atoms with van der Waals surface area (Å²) in [4.78, 5) is 13.5. The maximum absolute atomic E-state index is 11.9. The summed E-state index contributed by atoms with van der Waals surface area (Å²) in [5.74, 6) is 0. The second-order valence-corrected chi connectivity index (χ2v) is 5.70. The molecule has 6 heteroatoms. The van der Waals surface area contributed by atoms with Crippen molar-refractivity contribution in [3.63, 3.8) is 0 Å². The van der Waals surface area contributed by atoms with Crippen LogP contribution in [0.5, 0.6) is 0 Å². The molecule has 0 aliphatic carbocycles. The van der Waals surface area contributed by atoms with Gasteiger partial charge in [0.05, 0.1) is 28.7 Å². The first kappa shape index (κ1) is 14.4. The Hall–Kier alpha value is -0.970. The molecular formula is C13H16Cl2N2O2. The topological polar surface area (TPSA) is 52.6 Å². The maximum Gasteiger partial charge on any atom is 0.322 e. The second kappa shape index (κ2) is 5.57. The zero-order valence-electron chi connectivity index (χ0n) is 10.6. The van der Waals surface area contributed by atoms with Crippen molar-refractivity contribution in [1.82, 2.24) is 4.90 Å². The third-order valence-corrected chi connectivity index (χ3v) is 3.88. The number of rotatable bonds is 3. The molecule has 2 N–H and O–H groups in total. The van der Waals surface area contributed by atoms with Crippen molar-refractivity contribution in [2.45, 2.75) is 25.4 Å². The molecule has 0 bridgehead atoms. The normalized spacial score (nSPS) is 16.9. The lowest BCUT2D eigenvalue weighted by Crippen LogP contribution is -2.64. The third-order valence-electron chi connectivity index (χ3n) is 3.14. The lowest BCUT2D eigenvalue weighted by molar-refractivity contribution is -0.0792. The minimum absolute atomic E-state index is 0.237. The van der Waals surface area contributed by atoms with Crippen LogP contribution in [0.2, 0.25) is 10.0 Å².